The summed E-state index contributed by atoms with van der Waals surface area (Å²) < 4.78 is 1.06. The van der Waals surface area contributed by atoms with Crippen molar-refractivity contribution in [2.75, 3.05) is 12.8 Å². The third-order valence-electron chi connectivity index (χ3n) is 2.94. The van der Waals surface area contributed by atoms with Crippen molar-refractivity contribution >= 4 is 23.1 Å². The summed E-state index contributed by atoms with van der Waals surface area (Å²) in [6.45, 7) is 2.00. The van der Waals surface area contributed by atoms with Gasteiger partial charge in [0, 0.05) is 16.8 Å². The Morgan fingerprint density at radius 2 is 2.50 bits per heavy atom. The number of aryl methyl sites for hydroxylation is 1. The number of nitrogens with zero attached hydrogens (tertiary/aromatic N) is 2. The van der Waals surface area contributed by atoms with Crippen LogP contribution in [0.5, 0.6) is 0 Å². The SMILES string of the molecule is CNC(C#N)(CSc1nc(C)cs1)C1CC1. The molecule has 1 unspecified atom stereocenters. The molecule has 0 amide bonds. The third-order valence-corrected chi connectivity index (χ3v) is 5.27. The first-order valence-electron chi connectivity index (χ1n) is 5.35. The second-order valence-corrected chi connectivity index (χ2v) is 6.23. The summed E-state index contributed by atoms with van der Waals surface area (Å²) in [5.74, 6) is 1.31. The summed E-state index contributed by atoms with van der Waals surface area (Å²) in [6, 6.07) is 2.45. The molecule has 1 fully saturated rings. The van der Waals surface area contributed by atoms with E-state index in [-0.39, 0.29) is 5.54 Å². The van der Waals surface area contributed by atoms with Crippen LogP contribution in [-0.2, 0) is 0 Å². The fourth-order valence-corrected chi connectivity index (χ4v) is 3.84. The van der Waals surface area contributed by atoms with Crippen molar-refractivity contribution in [3.8, 4) is 6.07 Å². The Kier molecular flexibility index (Phi) is 3.53. The van der Waals surface area contributed by atoms with Crippen LogP contribution in [-0.4, -0.2) is 23.3 Å². The maximum atomic E-state index is 9.33. The highest BCUT2D eigenvalue weighted by atomic mass is 32.2. The van der Waals surface area contributed by atoms with E-state index in [0.29, 0.717) is 5.92 Å². The third kappa shape index (κ3) is 2.40. The van der Waals surface area contributed by atoms with Gasteiger partial charge in [-0.05, 0) is 32.7 Å². The minimum absolute atomic E-state index is 0.357. The number of nitriles is 1. The van der Waals surface area contributed by atoms with Gasteiger partial charge in [0.1, 0.15) is 9.88 Å². The van der Waals surface area contributed by atoms with Crippen LogP contribution < -0.4 is 5.32 Å². The van der Waals surface area contributed by atoms with Gasteiger partial charge in [0.05, 0.1) is 6.07 Å². The molecular weight excluding hydrogens is 238 g/mol. The van der Waals surface area contributed by atoms with E-state index in [1.54, 1.807) is 23.1 Å². The fourth-order valence-electron chi connectivity index (χ4n) is 1.72. The molecule has 1 aromatic heterocycles. The Morgan fingerprint density at radius 1 is 1.75 bits per heavy atom. The van der Waals surface area contributed by atoms with Gasteiger partial charge in [-0.3, -0.25) is 0 Å². The molecule has 3 nitrogen and oxygen atoms in total. The first kappa shape index (κ1) is 11.9. The Morgan fingerprint density at radius 3 is 2.94 bits per heavy atom. The molecule has 1 aliphatic carbocycles. The molecule has 2 rings (SSSR count). The molecule has 0 spiro atoms. The second-order valence-electron chi connectivity index (χ2n) is 4.15. The van der Waals surface area contributed by atoms with Gasteiger partial charge < -0.3 is 5.32 Å². The maximum Gasteiger partial charge on any atom is 0.150 e. The van der Waals surface area contributed by atoms with Gasteiger partial charge in [0.15, 0.2) is 0 Å². The van der Waals surface area contributed by atoms with Crippen molar-refractivity contribution in [1.29, 1.82) is 5.26 Å². The summed E-state index contributed by atoms with van der Waals surface area (Å²) in [5.41, 5.74) is 0.704. The van der Waals surface area contributed by atoms with Crippen molar-refractivity contribution in [3.05, 3.63) is 11.1 Å². The molecule has 0 radical (unpaired) electrons. The first-order chi connectivity index (χ1) is 7.70. The Bertz CT molecular complexity index is 406. The van der Waals surface area contributed by atoms with Crippen LogP contribution in [0.1, 0.15) is 18.5 Å². The lowest BCUT2D eigenvalue weighted by molar-refractivity contribution is 0.441. The molecule has 1 aliphatic rings. The van der Waals surface area contributed by atoms with Gasteiger partial charge in [0.2, 0.25) is 0 Å². The fraction of sp³-hybridized carbons (Fsp3) is 0.636. The molecule has 0 saturated heterocycles. The van der Waals surface area contributed by atoms with E-state index >= 15 is 0 Å². The van der Waals surface area contributed by atoms with E-state index in [0.717, 1.165) is 15.8 Å². The van der Waals surface area contributed by atoms with Crippen LogP contribution in [0.15, 0.2) is 9.72 Å². The topological polar surface area (TPSA) is 48.7 Å². The largest absolute Gasteiger partial charge is 0.302 e. The highest BCUT2D eigenvalue weighted by Crippen LogP contribution is 2.42. The molecule has 1 atom stereocenters. The Balaban J connectivity index is 1.99. The highest BCUT2D eigenvalue weighted by molar-refractivity contribution is 8.01. The number of hydrogen-bond acceptors (Lipinski definition) is 5. The van der Waals surface area contributed by atoms with Gasteiger partial charge in [-0.1, -0.05) is 11.8 Å². The van der Waals surface area contributed by atoms with Crippen LogP contribution in [0.25, 0.3) is 0 Å². The molecule has 1 heterocycles. The maximum absolute atomic E-state index is 9.33. The van der Waals surface area contributed by atoms with Crippen LogP contribution in [0.2, 0.25) is 0 Å². The molecule has 0 aromatic carbocycles. The predicted octanol–water partition coefficient (Wildman–Crippen LogP) is 2.44. The number of nitrogens with one attached hydrogen (secondary N) is 1. The normalized spacial score (nSPS) is 19.1. The number of rotatable bonds is 5. The lowest BCUT2D eigenvalue weighted by Crippen LogP contribution is -2.46. The highest BCUT2D eigenvalue weighted by Gasteiger charge is 2.44. The number of aromatic nitrogens is 1. The van der Waals surface area contributed by atoms with Crippen molar-refractivity contribution in [3.63, 3.8) is 0 Å². The quantitative estimate of drug-likeness (QED) is 0.819. The van der Waals surface area contributed by atoms with E-state index in [9.17, 15) is 5.26 Å². The number of thiazole rings is 1. The van der Waals surface area contributed by atoms with Crippen molar-refractivity contribution in [1.82, 2.24) is 10.3 Å². The average molecular weight is 253 g/mol. The zero-order chi connectivity index (χ0) is 11.6. The predicted molar refractivity (Wildman–Crippen MR) is 67.7 cm³/mol. The summed E-state index contributed by atoms with van der Waals surface area (Å²) in [6.07, 6.45) is 2.34. The molecular formula is C11H15N3S2. The minimum Gasteiger partial charge on any atom is -0.302 e. The van der Waals surface area contributed by atoms with E-state index in [1.165, 1.54) is 12.8 Å². The van der Waals surface area contributed by atoms with Crippen LogP contribution in [0.3, 0.4) is 0 Å². The zero-order valence-electron chi connectivity index (χ0n) is 9.49. The van der Waals surface area contributed by atoms with E-state index in [2.05, 4.69) is 16.4 Å². The van der Waals surface area contributed by atoms with Crippen LogP contribution >= 0.6 is 23.1 Å². The first-order valence-corrected chi connectivity index (χ1v) is 7.22. The Labute approximate surface area is 104 Å². The molecule has 16 heavy (non-hydrogen) atoms. The van der Waals surface area contributed by atoms with E-state index in [1.807, 2.05) is 19.4 Å². The standard InChI is InChI=1S/C11H15N3S2/c1-8-5-15-10(14-8)16-7-11(6-12,13-2)9-3-4-9/h5,9,13H,3-4,7H2,1-2H3. The van der Waals surface area contributed by atoms with Gasteiger partial charge >= 0.3 is 0 Å². The number of hydrogen-bond donors (Lipinski definition) is 1. The second kappa shape index (κ2) is 4.74. The van der Waals surface area contributed by atoms with Gasteiger partial charge in [0.25, 0.3) is 0 Å². The van der Waals surface area contributed by atoms with Gasteiger partial charge in [-0.25, -0.2) is 4.98 Å². The molecule has 86 valence electrons. The van der Waals surface area contributed by atoms with Gasteiger partial charge in [-0.15, -0.1) is 11.3 Å². The summed E-state index contributed by atoms with van der Waals surface area (Å²) in [4.78, 5) is 4.41. The molecule has 1 saturated carbocycles. The van der Waals surface area contributed by atoms with E-state index in [4.69, 9.17) is 0 Å². The van der Waals surface area contributed by atoms with Crippen LogP contribution in [0.4, 0.5) is 0 Å². The summed E-state index contributed by atoms with van der Waals surface area (Å²) in [7, 11) is 1.88. The average Bonchev–Trinajstić information content (AvgIpc) is 3.06. The smallest absolute Gasteiger partial charge is 0.150 e. The molecule has 1 N–H and O–H groups in total. The number of thioether (sulfide) groups is 1. The molecule has 5 heteroatoms. The lowest BCUT2D eigenvalue weighted by atomic mass is 9.98. The summed E-state index contributed by atoms with van der Waals surface area (Å²) >= 11 is 3.35. The zero-order valence-corrected chi connectivity index (χ0v) is 11.1. The van der Waals surface area contributed by atoms with Crippen molar-refractivity contribution < 1.29 is 0 Å². The summed E-state index contributed by atoms with van der Waals surface area (Å²) in [5, 5.41) is 14.6. The molecule has 1 aromatic rings. The minimum atomic E-state index is -0.357. The van der Waals surface area contributed by atoms with E-state index < -0.39 is 0 Å². The van der Waals surface area contributed by atoms with Crippen molar-refractivity contribution in [2.45, 2.75) is 29.6 Å². The monoisotopic (exact) mass is 253 g/mol. The van der Waals surface area contributed by atoms with Crippen LogP contribution in [0, 0.1) is 24.2 Å². The molecule has 0 aliphatic heterocycles. The van der Waals surface area contributed by atoms with Gasteiger partial charge in [-0.2, -0.15) is 5.26 Å². The molecule has 0 bridgehead atoms. The lowest BCUT2D eigenvalue weighted by Gasteiger charge is -2.24. The Hall–Kier alpha value is -0.570. The van der Waals surface area contributed by atoms with Crippen molar-refractivity contribution in [2.24, 2.45) is 5.92 Å².